The van der Waals surface area contributed by atoms with Crippen molar-refractivity contribution in [2.24, 2.45) is 0 Å². The molecule has 6 heteroatoms. The van der Waals surface area contributed by atoms with E-state index in [1.165, 1.54) is 5.56 Å². The van der Waals surface area contributed by atoms with Gasteiger partial charge >= 0.3 is 0 Å². The summed E-state index contributed by atoms with van der Waals surface area (Å²) in [5.74, 6) is 0.865. The number of halogens is 1. The highest BCUT2D eigenvalue weighted by Crippen LogP contribution is 2.29. The Kier molecular flexibility index (Phi) is 6.72. The molecule has 0 amide bonds. The van der Waals surface area contributed by atoms with Crippen molar-refractivity contribution in [2.75, 3.05) is 26.7 Å². The predicted octanol–water partition coefficient (Wildman–Crippen LogP) is 3.53. The third-order valence-electron chi connectivity index (χ3n) is 4.67. The zero-order chi connectivity index (χ0) is 18.0. The fourth-order valence-corrected chi connectivity index (χ4v) is 3.28. The Morgan fingerprint density at radius 3 is 2.73 bits per heavy atom. The molecule has 1 saturated heterocycles. The molecule has 2 heterocycles. The zero-order valence-corrected chi connectivity index (χ0v) is 17.3. The van der Waals surface area contributed by atoms with E-state index >= 15 is 0 Å². The summed E-state index contributed by atoms with van der Waals surface area (Å²) in [6.07, 6.45) is 2.21. The Hall–Kier alpha value is -1.56. The van der Waals surface area contributed by atoms with Gasteiger partial charge in [-0.25, -0.2) is 0 Å². The number of rotatable bonds is 4. The van der Waals surface area contributed by atoms with E-state index in [2.05, 4.69) is 60.9 Å². The number of benzene rings is 1. The van der Waals surface area contributed by atoms with Crippen LogP contribution in [0.5, 0.6) is 5.75 Å². The number of ether oxygens (including phenoxy) is 1. The average molecular weight is 379 g/mol. The summed E-state index contributed by atoms with van der Waals surface area (Å²) in [7, 11) is 1.70. The summed E-state index contributed by atoms with van der Waals surface area (Å²) in [4.78, 5) is 2.51. The second-order valence-electron chi connectivity index (χ2n) is 7.94. The van der Waals surface area contributed by atoms with Gasteiger partial charge in [-0.1, -0.05) is 12.1 Å². The maximum absolute atomic E-state index is 5.40. The normalized spacial score (nSPS) is 18.4. The summed E-state index contributed by atoms with van der Waals surface area (Å²) >= 11 is 0. The first-order valence-corrected chi connectivity index (χ1v) is 9.06. The highest BCUT2D eigenvalue weighted by atomic mass is 35.5. The van der Waals surface area contributed by atoms with Crippen LogP contribution in [-0.4, -0.2) is 47.5 Å². The number of piperazine rings is 1. The highest BCUT2D eigenvalue weighted by molar-refractivity contribution is 5.85. The lowest BCUT2D eigenvalue weighted by Gasteiger charge is -2.31. The van der Waals surface area contributed by atoms with Gasteiger partial charge in [0, 0.05) is 49.5 Å². The van der Waals surface area contributed by atoms with Gasteiger partial charge in [-0.2, -0.15) is 5.10 Å². The molecule has 1 fully saturated rings. The van der Waals surface area contributed by atoms with Crippen molar-refractivity contribution in [3.8, 4) is 17.0 Å². The maximum atomic E-state index is 5.40. The molecule has 0 spiro atoms. The predicted molar refractivity (Wildman–Crippen MR) is 109 cm³/mol. The first kappa shape index (κ1) is 20.7. The van der Waals surface area contributed by atoms with Gasteiger partial charge < -0.3 is 10.1 Å². The van der Waals surface area contributed by atoms with Crippen molar-refractivity contribution in [3.63, 3.8) is 0 Å². The second kappa shape index (κ2) is 8.42. The van der Waals surface area contributed by atoms with Crippen molar-refractivity contribution < 1.29 is 4.74 Å². The molecule has 5 nitrogen and oxygen atoms in total. The fourth-order valence-electron chi connectivity index (χ4n) is 3.28. The van der Waals surface area contributed by atoms with Gasteiger partial charge in [-0.15, -0.1) is 12.4 Å². The van der Waals surface area contributed by atoms with Crippen LogP contribution in [-0.2, 0) is 12.1 Å². The van der Waals surface area contributed by atoms with Crippen LogP contribution in [0.2, 0.25) is 0 Å². The van der Waals surface area contributed by atoms with E-state index in [9.17, 15) is 0 Å². The van der Waals surface area contributed by atoms with Gasteiger partial charge in [0.25, 0.3) is 0 Å². The summed E-state index contributed by atoms with van der Waals surface area (Å²) in [6.45, 7) is 12.9. The lowest BCUT2D eigenvalue weighted by atomic mass is 10.1. The number of nitrogens with zero attached hydrogens (tertiary/aromatic N) is 3. The van der Waals surface area contributed by atoms with Crippen LogP contribution >= 0.6 is 12.4 Å². The fraction of sp³-hybridized carbons (Fsp3) is 0.550. The van der Waals surface area contributed by atoms with E-state index in [-0.39, 0.29) is 17.9 Å². The lowest BCUT2D eigenvalue weighted by molar-refractivity contribution is 0.199. The Balaban J connectivity index is 0.00000243. The largest absolute Gasteiger partial charge is 0.497 e. The van der Waals surface area contributed by atoms with E-state index in [0.717, 1.165) is 43.2 Å². The summed E-state index contributed by atoms with van der Waals surface area (Å²) in [6, 6.07) is 8.72. The molecular weight excluding hydrogens is 348 g/mol. The van der Waals surface area contributed by atoms with E-state index in [4.69, 9.17) is 9.84 Å². The Bertz CT molecular complexity index is 723. The van der Waals surface area contributed by atoms with Crippen molar-refractivity contribution in [2.45, 2.75) is 45.8 Å². The first-order chi connectivity index (χ1) is 11.9. The van der Waals surface area contributed by atoms with E-state index in [1.54, 1.807) is 7.11 Å². The van der Waals surface area contributed by atoms with Gasteiger partial charge in [-0.3, -0.25) is 9.58 Å². The van der Waals surface area contributed by atoms with Gasteiger partial charge in [0.2, 0.25) is 0 Å². The number of nitrogens with one attached hydrogen (secondary N) is 1. The molecule has 1 aromatic carbocycles. The van der Waals surface area contributed by atoms with Crippen LogP contribution in [0, 0.1) is 0 Å². The Morgan fingerprint density at radius 1 is 1.31 bits per heavy atom. The highest BCUT2D eigenvalue weighted by Gasteiger charge is 2.22. The molecule has 0 bridgehead atoms. The van der Waals surface area contributed by atoms with Crippen LogP contribution in [0.4, 0.5) is 0 Å². The van der Waals surface area contributed by atoms with Crippen LogP contribution in [0.25, 0.3) is 11.3 Å². The molecule has 144 valence electrons. The number of methoxy groups -OCH3 is 1. The topological polar surface area (TPSA) is 42.3 Å². The minimum Gasteiger partial charge on any atom is -0.497 e. The van der Waals surface area contributed by atoms with Gasteiger partial charge in [-0.05, 0) is 39.8 Å². The van der Waals surface area contributed by atoms with Crippen LogP contribution < -0.4 is 10.1 Å². The molecule has 2 aromatic rings. The number of aromatic nitrogens is 2. The molecule has 0 saturated carbocycles. The minimum atomic E-state index is -0.0391. The third kappa shape index (κ3) is 4.78. The van der Waals surface area contributed by atoms with Gasteiger partial charge in [0.05, 0.1) is 18.3 Å². The quantitative estimate of drug-likeness (QED) is 0.883. The van der Waals surface area contributed by atoms with E-state index in [0.29, 0.717) is 6.04 Å². The summed E-state index contributed by atoms with van der Waals surface area (Å²) in [5, 5.41) is 8.44. The van der Waals surface area contributed by atoms with Crippen molar-refractivity contribution >= 4 is 12.4 Å². The summed E-state index contributed by atoms with van der Waals surface area (Å²) in [5.41, 5.74) is 3.40. The number of hydrogen-bond acceptors (Lipinski definition) is 4. The lowest BCUT2D eigenvalue weighted by Crippen LogP contribution is -2.48. The molecule has 1 unspecified atom stereocenters. The van der Waals surface area contributed by atoms with E-state index in [1.807, 2.05) is 12.1 Å². The molecule has 3 rings (SSSR count). The zero-order valence-electron chi connectivity index (χ0n) is 16.5. The van der Waals surface area contributed by atoms with Gasteiger partial charge in [0.1, 0.15) is 5.75 Å². The Morgan fingerprint density at radius 2 is 2.08 bits per heavy atom. The molecule has 1 N–H and O–H groups in total. The van der Waals surface area contributed by atoms with E-state index < -0.39 is 0 Å². The second-order valence-corrected chi connectivity index (χ2v) is 7.94. The molecular formula is C20H31ClN4O. The average Bonchev–Trinajstić information content (AvgIpc) is 2.99. The van der Waals surface area contributed by atoms with Crippen molar-refractivity contribution in [1.29, 1.82) is 0 Å². The monoisotopic (exact) mass is 378 g/mol. The van der Waals surface area contributed by atoms with Gasteiger partial charge in [0.15, 0.2) is 0 Å². The summed E-state index contributed by atoms with van der Waals surface area (Å²) < 4.78 is 7.49. The molecule has 1 aliphatic rings. The Labute approximate surface area is 163 Å². The van der Waals surface area contributed by atoms with Crippen molar-refractivity contribution in [3.05, 3.63) is 36.0 Å². The molecule has 1 aliphatic heterocycles. The molecule has 1 atom stereocenters. The molecule has 26 heavy (non-hydrogen) atoms. The molecule has 0 radical (unpaired) electrons. The molecule has 1 aromatic heterocycles. The smallest absolute Gasteiger partial charge is 0.119 e. The van der Waals surface area contributed by atoms with Crippen molar-refractivity contribution in [1.82, 2.24) is 20.0 Å². The molecule has 0 aliphatic carbocycles. The number of hydrogen-bond donors (Lipinski definition) is 1. The SMILES string of the molecule is COc1cccc(-c2nn(C(C)(C)C)cc2CN2CCNC(C)C2)c1.Cl. The standard InChI is InChI=1S/C20H30N4O.ClH/c1-15-12-23(10-9-21-15)13-17-14-24(20(2,3)4)22-19(17)16-7-6-8-18(11-16)25-5;/h6-8,11,14-15,21H,9-10,12-13H2,1-5H3;1H. The maximum Gasteiger partial charge on any atom is 0.119 e. The van der Waals surface area contributed by atoms with Crippen LogP contribution in [0.3, 0.4) is 0 Å². The first-order valence-electron chi connectivity index (χ1n) is 9.06. The van der Waals surface area contributed by atoms with Crippen LogP contribution in [0.15, 0.2) is 30.5 Å². The van der Waals surface area contributed by atoms with Crippen LogP contribution in [0.1, 0.15) is 33.3 Å². The minimum absolute atomic E-state index is 0. The third-order valence-corrected chi connectivity index (χ3v) is 4.67.